The summed E-state index contributed by atoms with van der Waals surface area (Å²) >= 11 is 6.80. The number of esters is 1. The summed E-state index contributed by atoms with van der Waals surface area (Å²) in [6.45, 7) is 1.90. The number of para-hydroxylation sites is 1. The molecule has 0 saturated heterocycles. The van der Waals surface area contributed by atoms with Gasteiger partial charge in [-0.05, 0) is 50.1 Å². The molecule has 4 rings (SSSR count). The van der Waals surface area contributed by atoms with E-state index in [9.17, 15) is 10.1 Å². The highest BCUT2D eigenvalue weighted by Crippen LogP contribution is 2.32. The molecule has 0 aliphatic heterocycles. The van der Waals surface area contributed by atoms with Crippen molar-refractivity contribution in [1.29, 1.82) is 5.26 Å². The second-order valence-electron chi connectivity index (χ2n) is 8.37. The van der Waals surface area contributed by atoms with Crippen LogP contribution in [0.2, 0.25) is 0 Å². The molecule has 0 N–H and O–H groups in total. The van der Waals surface area contributed by atoms with Crippen molar-refractivity contribution in [2.45, 2.75) is 51.5 Å². The molecule has 1 heterocycles. The molecule has 182 valence electrons. The van der Waals surface area contributed by atoms with Crippen molar-refractivity contribution in [3.8, 4) is 17.6 Å². The van der Waals surface area contributed by atoms with Gasteiger partial charge in [-0.25, -0.2) is 9.99 Å². The summed E-state index contributed by atoms with van der Waals surface area (Å²) in [5.41, 5.74) is 1.34. The molecule has 0 amide bonds. The second-order valence-corrected chi connectivity index (χ2v) is 9.50. The van der Waals surface area contributed by atoms with E-state index in [1.165, 1.54) is 11.3 Å². The molecule has 3 aromatic rings. The maximum atomic E-state index is 12.6. The van der Waals surface area contributed by atoms with Crippen LogP contribution in [0.3, 0.4) is 0 Å². The summed E-state index contributed by atoms with van der Waals surface area (Å²) in [6, 6.07) is 14.6. The monoisotopic (exact) mass is 512 g/mol. The Labute approximate surface area is 212 Å². The van der Waals surface area contributed by atoms with Crippen LogP contribution < -0.4 is 14.6 Å². The number of nitrogens with zero attached hydrogens (tertiary/aromatic N) is 4. The number of nitriles is 1. The van der Waals surface area contributed by atoms with Gasteiger partial charge in [0.05, 0.1) is 40.9 Å². The molecule has 35 heavy (non-hydrogen) atoms. The van der Waals surface area contributed by atoms with Crippen LogP contribution in [0.4, 0.5) is 5.13 Å². The summed E-state index contributed by atoms with van der Waals surface area (Å²) in [7, 11) is 0. The van der Waals surface area contributed by atoms with Gasteiger partial charge < -0.3 is 9.62 Å². The van der Waals surface area contributed by atoms with Gasteiger partial charge in [0.25, 0.3) is 0 Å². The predicted octanol–water partition coefficient (Wildman–Crippen LogP) is 6.39. The third kappa shape index (κ3) is 6.28. The van der Waals surface area contributed by atoms with Gasteiger partial charge in [-0.2, -0.15) is 10.4 Å². The van der Waals surface area contributed by atoms with Crippen LogP contribution in [-0.2, 0) is 9.23 Å². The summed E-state index contributed by atoms with van der Waals surface area (Å²) in [6.07, 6.45) is 6.73. The Balaban J connectivity index is 1.61. The number of hydrogen-bond acceptors (Lipinski definition) is 9. The van der Waals surface area contributed by atoms with Gasteiger partial charge in [-0.1, -0.05) is 47.2 Å². The lowest BCUT2D eigenvalue weighted by molar-refractivity contribution is -0.140. The van der Waals surface area contributed by atoms with Gasteiger partial charge in [-0.15, -0.1) is 0 Å². The average Bonchev–Trinajstić information content (AvgIpc) is 3.30. The van der Waals surface area contributed by atoms with Gasteiger partial charge in [0.2, 0.25) is 5.13 Å². The zero-order chi connectivity index (χ0) is 24.6. The molecule has 1 saturated carbocycles. The molecule has 1 atom stereocenters. The summed E-state index contributed by atoms with van der Waals surface area (Å²) < 4.78 is 11.0. The average molecular weight is 513 g/mol. The Morgan fingerprint density at radius 2 is 2.11 bits per heavy atom. The Kier molecular flexibility index (Phi) is 8.53. The van der Waals surface area contributed by atoms with Gasteiger partial charge >= 0.3 is 5.97 Å². The van der Waals surface area contributed by atoms with Crippen LogP contribution in [0.1, 0.15) is 51.0 Å². The number of hydrazone groups is 1. The molecule has 1 aliphatic carbocycles. The lowest BCUT2D eigenvalue weighted by Crippen LogP contribution is -2.27. The number of ether oxygens (including phenoxy) is 1. The molecule has 0 spiro atoms. The van der Waals surface area contributed by atoms with Crippen molar-refractivity contribution in [3.63, 3.8) is 0 Å². The zero-order valence-electron chi connectivity index (χ0n) is 19.2. The van der Waals surface area contributed by atoms with Crippen LogP contribution in [0, 0.1) is 17.2 Å². The van der Waals surface area contributed by atoms with E-state index in [1.54, 1.807) is 29.4 Å². The minimum Gasteiger partial charge on any atom is -0.426 e. The molecule has 1 aromatic heterocycles. The number of rotatable bonds is 9. The topological polar surface area (TPSA) is 97.0 Å². The number of benzene rings is 2. The van der Waals surface area contributed by atoms with Crippen LogP contribution in [0.25, 0.3) is 10.2 Å². The van der Waals surface area contributed by atoms with Crippen LogP contribution in [0.15, 0.2) is 47.6 Å². The quantitative estimate of drug-likeness (QED) is 0.108. The standard InChI is InChI=1S/C25H25ClN4O4S/c1-17(13-14-27)30(25-29-21-9-5-6-10-23(21)35-25)28-16-19-15-20(11-12-22(19)33-34-26)32-24(31)18-7-3-2-4-8-18/h5-6,9-12,15-18H,2-4,7-8,13H2,1H3/b28-16+. The Morgan fingerprint density at radius 3 is 2.86 bits per heavy atom. The zero-order valence-corrected chi connectivity index (χ0v) is 20.8. The van der Waals surface area contributed by atoms with Crippen LogP contribution in [0.5, 0.6) is 11.5 Å². The number of halogens is 1. The first-order valence-electron chi connectivity index (χ1n) is 11.5. The number of carbonyl (C=O) groups excluding carboxylic acids is 1. The molecule has 10 heteroatoms. The van der Waals surface area contributed by atoms with E-state index in [0.29, 0.717) is 22.2 Å². The number of hydrogen-bond donors (Lipinski definition) is 0. The largest absolute Gasteiger partial charge is 0.426 e. The van der Waals surface area contributed by atoms with Gasteiger partial charge in [0, 0.05) is 5.56 Å². The number of aromatic nitrogens is 1. The molecule has 1 unspecified atom stereocenters. The fourth-order valence-electron chi connectivity index (χ4n) is 3.99. The third-order valence-electron chi connectivity index (χ3n) is 5.86. The minimum atomic E-state index is -0.238. The summed E-state index contributed by atoms with van der Waals surface area (Å²) in [5, 5.41) is 16.2. The molecule has 1 fully saturated rings. The van der Waals surface area contributed by atoms with Crippen molar-refractivity contribution in [2.75, 3.05) is 5.01 Å². The second kappa shape index (κ2) is 12.0. The minimum absolute atomic E-state index is 0.0793. The number of carbonyl (C=O) groups is 1. The summed E-state index contributed by atoms with van der Waals surface area (Å²) in [5.74, 6) is 0.358. The first-order chi connectivity index (χ1) is 17.1. The number of anilines is 1. The highest BCUT2D eigenvalue weighted by Gasteiger charge is 2.23. The fraction of sp³-hybridized carbons (Fsp3) is 0.360. The van der Waals surface area contributed by atoms with Crippen molar-refractivity contribution in [2.24, 2.45) is 11.0 Å². The number of fused-ring (bicyclic) bond motifs is 1. The molecular weight excluding hydrogens is 488 g/mol. The Hall–Kier alpha value is -3.19. The first-order valence-corrected chi connectivity index (χ1v) is 12.6. The smallest absolute Gasteiger partial charge is 0.314 e. The van der Waals surface area contributed by atoms with E-state index >= 15 is 0 Å². The molecule has 1 aliphatic rings. The molecular formula is C25H25ClN4O4S. The van der Waals surface area contributed by atoms with E-state index in [0.717, 1.165) is 42.3 Å². The Morgan fingerprint density at radius 1 is 1.31 bits per heavy atom. The fourth-order valence-corrected chi connectivity index (χ4v) is 5.09. The van der Waals surface area contributed by atoms with Crippen molar-refractivity contribution in [1.82, 2.24) is 4.98 Å². The maximum absolute atomic E-state index is 12.6. The number of thiazole rings is 1. The van der Waals surface area contributed by atoms with Gasteiger partial charge in [-0.3, -0.25) is 4.79 Å². The maximum Gasteiger partial charge on any atom is 0.314 e. The van der Waals surface area contributed by atoms with Crippen molar-refractivity contribution >= 4 is 50.7 Å². The summed E-state index contributed by atoms with van der Waals surface area (Å²) in [4.78, 5) is 22.3. The molecule has 0 bridgehead atoms. The van der Waals surface area contributed by atoms with E-state index in [2.05, 4.69) is 20.6 Å². The molecule has 2 aromatic carbocycles. The van der Waals surface area contributed by atoms with Gasteiger partial charge in [0.15, 0.2) is 5.75 Å². The molecule has 8 nitrogen and oxygen atoms in total. The lowest BCUT2D eigenvalue weighted by atomic mass is 9.89. The van der Waals surface area contributed by atoms with E-state index in [4.69, 9.17) is 21.5 Å². The highest BCUT2D eigenvalue weighted by molar-refractivity contribution is 7.22. The third-order valence-corrected chi connectivity index (χ3v) is 6.95. The van der Waals surface area contributed by atoms with E-state index in [1.807, 2.05) is 31.2 Å². The molecule has 0 radical (unpaired) electrons. The van der Waals surface area contributed by atoms with Crippen LogP contribution in [-0.4, -0.2) is 23.2 Å². The van der Waals surface area contributed by atoms with Gasteiger partial charge in [0.1, 0.15) is 17.6 Å². The Bertz CT molecular complexity index is 1200. The predicted molar refractivity (Wildman–Crippen MR) is 136 cm³/mol. The lowest BCUT2D eigenvalue weighted by Gasteiger charge is -2.21. The van der Waals surface area contributed by atoms with E-state index in [-0.39, 0.29) is 24.3 Å². The van der Waals surface area contributed by atoms with Crippen molar-refractivity contribution < 1.29 is 18.9 Å². The van der Waals surface area contributed by atoms with E-state index < -0.39 is 0 Å². The van der Waals surface area contributed by atoms with Crippen LogP contribution >= 0.6 is 23.2 Å². The first kappa shape index (κ1) is 24.9. The SMILES string of the molecule is CC(CC#N)N(/N=C/c1cc(OC(=O)C2CCCCC2)ccc1OOCl)c1nc2ccccc2s1. The highest BCUT2D eigenvalue weighted by atomic mass is 35.5. The normalized spacial score (nSPS) is 15.1. The van der Waals surface area contributed by atoms with Crippen molar-refractivity contribution in [3.05, 3.63) is 48.0 Å².